The molecule has 94 valence electrons. The van der Waals surface area contributed by atoms with E-state index in [9.17, 15) is 4.79 Å². The average molecular weight is 244 g/mol. The number of nitrogens with one attached hydrogen (secondary N) is 2. The van der Waals surface area contributed by atoms with Crippen LogP contribution in [0.5, 0.6) is 0 Å². The molecular weight excluding hydrogens is 228 g/mol. The van der Waals surface area contributed by atoms with E-state index in [0.717, 1.165) is 24.8 Å². The van der Waals surface area contributed by atoms with Gasteiger partial charge in [-0.2, -0.15) is 5.10 Å². The van der Waals surface area contributed by atoms with Crippen LogP contribution in [-0.2, 0) is 13.5 Å². The summed E-state index contributed by atoms with van der Waals surface area (Å²) in [4.78, 5) is 14.9. The maximum Gasteiger partial charge on any atom is 0.268 e. The molecule has 0 fully saturated rings. The highest BCUT2D eigenvalue weighted by atomic mass is 16.1. The first-order valence-electron chi connectivity index (χ1n) is 6.20. The lowest BCUT2D eigenvalue weighted by molar-refractivity contribution is 0.0928. The van der Waals surface area contributed by atoms with Crippen LogP contribution in [0.2, 0.25) is 0 Å². The Hall–Kier alpha value is -2.04. The van der Waals surface area contributed by atoms with Crippen molar-refractivity contribution in [2.45, 2.75) is 25.3 Å². The summed E-state index contributed by atoms with van der Waals surface area (Å²) in [5.41, 5.74) is 2.99. The SMILES string of the molecule is Cn1ncc2c1CCCC2NC(=O)c1ccc[nH]1. The van der Waals surface area contributed by atoms with E-state index in [-0.39, 0.29) is 11.9 Å². The molecular formula is C13H16N4O. The molecule has 5 nitrogen and oxygen atoms in total. The minimum absolute atomic E-state index is 0.0540. The molecule has 2 aromatic rings. The van der Waals surface area contributed by atoms with Gasteiger partial charge in [-0.3, -0.25) is 9.48 Å². The molecule has 1 aliphatic rings. The van der Waals surface area contributed by atoms with Gasteiger partial charge in [0.1, 0.15) is 5.69 Å². The van der Waals surface area contributed by atoms with Crippen LogP contribution in [0, 0.1) is 0 Å². The molecule has 5 heteroatoms. The molecule has 0 bridgehead atoms. The van der Waals surface area contributed by atoms with Crippen molar-refractivity contribution in [3.63, 3.8) is 0 Å². The first kappa shape index (κ1) is 11.1. The van der Waals surface area contributed by atoms with Crippen molar-refractivity contribution in [1.29, 1.82) is 0 Å². The molecule has 0 spiro atoms. The Morgan fingerprint density at radius 3 is 3.28 bits per heavy atom. The van der Waals surface area contributed by atoms with Gasteiger partial charge in [-0.1, -0.05) is 0 Å². The largest absolute Gasteiger partial charge is 0.357 e. The molecule has 1 unspecified atom stereocenters. The fraction of sp³-hybridized carbons (Fsp3) is 0.385. The Bertz CT molecular complexity index is 556. The van der Waals surface area contributed by atoms with E-state index in [1.54, 1.807) is 12.3 Å². The molecule has 2 aromatic heterocycles. The van der Waals surface area contributed by atoms with Crippen molar-refractivity contribution in [2.24, 2.45) is 7.05 Å². The molecule has 1 aliphatic carbocycles. The van der Waals surface area contributed by atoms with Gasteiger partial charge in [-0.15, -0.1) is 0 Å². The molecule has 0 radical (unpaired) electrons. The van der Waals surface area contributed by atoms with Crippen LogP contribution in [0.4, 0.5) is 0 Å². The predicted octanol–water partition coefficient (Wildman–Crippen LogP) is 1.56. The summed E-state index contributed by atoms with van der Waals surface area (Å²) in [7, 11) is 1.95. The number of aryl methyl sites for hydroxylation is 1. The summed E-state index contributed by atoms with van der Waals surface area (Å²) in [5.74, 6) is -0.0540. The number of nitrogens with zero attached hydrogens (tertiary/aromatic N) is 2. The lowest BCUT2D eigenvalue weighted by Crippen LogP contribution is -2.31. The molecule has 2 N–H and O–H groups in total. The zero-order valence-corrected chi connectivity index (χ0v) is 10.3. The normalized spacial score (nSPS) is 18.4. The second kappa shape index (κ2) is 4.33. The lowest BCUT2D eigenvalue weighted by Gasteiger charge is -2.23. The van der Waals surface area contributed by atoms with Crippen molar-refractivity contribution in [1.82, 2.24) is 20.1 Å². The predicted molar refractivity (Wildman–Crippen MR) is 67.1 cm³/mol. The number of aromatic amines is 1. The van der Waals surface area contributed by atoms with Crippen molar-refractivity contribution in [3.8, 4) is 0 Å². The zero-order chi connectivity index (χ0) is 12.5. The number of fused-ring (bicyclic) bond motifs is 1. The maximum atomic E-state index is 12.0. The highest BCUT2D eigenvalue weighted by Gasteiger charge is 2.25. The zero-order valence-electron chi connectivity index (χ0n) is 10.3. The topological polar surface area (TPSA) is 62.7 Å². The first-order valence-corrected chi connectivity index (χ1v) is 6.20. The Morgan fingerprint density at radius 2 is 2.50 bits per heavy atom. The second-order valence-corrected chi connectivity index (χ2v) is 4.67. The summed E-state index contributed by atoms with van der Waals surface area (Å²) in [5, 5.41) is 7.34. The second-order valence-electron chi connectivity index (χ2n) is 4.67. The summed E-state index contributed by atoms with van der Waals surface area (Å²) in [6, 6.07) is 3.69. The Balaban J connectivity index is 1.80. The molecule has 3 rings (SSSR count). The van der Waals surface area contributed by atoms with Crippen LogP contribution in [0.1, 0.15) is 40.6 Å². The van der Waals surface area contributed by atoms with Crippen LogP contribution in [-0.4, -0.2) is 20.7 Å². The van der Waals surface area contributed by atoms with Gasteiger partial charge >= 0.3 is 0 Å². The Labute approximate surface area is 105 Å². The van der Waals surface area contributed by atoms with Gasteiger partial charge in [0.15, 0.2) is 0 Å². The fourth-order valence-electron chi connectivity index (χ4n) is 2.56. The molecule has 0 aromatic carbocycles. The van der Waals surface area contributed by atoms with Crippen molar-refractivity contribution >= 4 is 5.91 Å². The van der Waals surface area contributed by atoms with Crippen LogP contribution in [0.3, 0.4) is 0 Å². The van der Waals surface area contributed by atoms with Gasteiger partial charge in [0.25, 0.3) is 5.91 Å². The van der Waals surface area contributed by atoms with Crippen molar-refractivity contribution < 1.29 is 4.79 Å². The van der Waals surface area contributed by atoms with E-state index < -0.39 is 0 Å². The number of carbonyl (C=O) groups is 1. The van der Waals surface area contributed by atoms with Gasteiger partial charge < -0.3 is 10.3 Å². The summed E-state index contributed by atoms with van der Waals surface area (Å²) < 4.78 is 1.91. The number of hydrogen-bond acceptors (Lipinski definition) is 2. The minimum atomic E-state index is -0.0540. The number of H-pyrrole nitrogens is 1. The van der Waals surface area contributed by atoms with Crippen molar-refractivity contribution in [3.05, 3.63) is 41.5 Å². The molecule has 2 heterocycles. The first-order chi connectivity index (χ1) is 8.75. The molecule has 1 amide bonds. The van der Waals surface area contributed by atoms with E-state index in [2.05, 4.69) is 15.4 Å². The summed E-state index contributed by atoms with van der Waals surface area (Å²) in [6.45, 7) is 0. The van der Waals surface area contributed by atoms with Gasteiger partial charge in [0, 0.05) is 24.5 Å². The van der Waals surface area contributed by atoms with Gasteiger partial charge in [0.05, 0.1) is 12.2 Å². The quantitative estimate of drug-likeness (QED) is 0.842. The highest BCUT2D eigenvalue weighted by molar-refractivity contribution is 5.92. The van der Waals surface area contributed by atoms with Gasteiger partial charge in [-0.05, 0) is 31.4 Å². The third-order valence-electron chi connectivity index (χ3n) is 3.52. The summed E-state index contributed by atoms with van der Waals surface area (Å²) in [6.07, 6.45) is 6.73. The monoisotopic (exact) mass is 244 g/mol. The Kier molecular flexibility index (Phi) is 2.66. The fourth-order valence-corrected chi connectivity index (χ4v) is 2.56. The summed E-state index contributed by atoms with van der Waals surface area (Å²) >= 11 is 0. The third-order valence-corrected chi connectivity index (χ3v) is 3.52. The van der Waals surface area contributed by atoms with E-state index in [0.29, 0.717) is 5.69 Å². The van der Waals surface area contributed by atoms with Gasteiger partial charge in [-0.25, -0.2) is 0 Å². The van der Waals surface area contributed by atoms with E-state index in [4.69, 9.17) is 0 Å². The number of rotatable bonds is 2. The smallest absolute Gasteiger partial charge is 0.268 e. The van der Waals surface area contributed by atoms with E-state index in [1.807, 2.05) is 24.0 Å². The van der Waals surface area contributed by atoms with Crippen molar-refractivity contribution in [2.75, 3.05) is 0 Å². The van der Waals surface area contributed by atoms with Gasteiger partial charge in [0.2, 0.25) is 0 Å². The molecule has 1 atom stereocenters. The third kappa shape index (κ3) is 1.81. The maximum absolute atomic E-state index is 12.0. The van der Waals surface area contributed by atoms with E-state index >= 15 is 0 Å². The lowest BCUT2D eigenvalue weighted by atomic mass is 9.93. The molecule has 18 heavy (non-hydrogen) atoms. The number of hydrogen-bond donors (Lipinski definition) is 2. The molecule has 0 saturated carbocycles. The van der Waals surface area contributed by atoms with Crippen LogP contribution in [0.15, 0.2) is 24.5 Å². The van der Waals surface area contributed by atoms with Crippen LogP contribution in [0.25, 0.3) is 0 Å². The highest BCUT2D eigenvalue weighted by Crippen LogP contribution is 2.29. The molecule has 0 aliphatic heterocycles. The average Bonchev–Trinajstić information content (AvgIpc) is 3.00. The minimum Gasteiger partial charge on any atom is -0.357 e. The number of carbonyl (C=O) groups excluding carboxylic acids is 1. The standard InChI is InChI=1S/C13H16N4O/c1-17-12-6-2-4-10(9(12)8-15-17)16-13(18)11-5-3-7-14-11/h3,5,7-8,10,14H,2,4,6H2,1H3,(H,16,18). The van der Waals surface area contributed by atoms with E-state index in [1.165, 1.54) is 5.69 Å². The number of aromatic nitrogens is 3. The van der Waals surface area contributed by atoms with Crippen LogP contribution >= 0.6 is 0 Å². The Morgan fingerprint density at radius 1 is 1.61 bits per heavy atom. The number of amides is 1. The van der Waals surface area contributed by atoms with Crippen LogP contribution < -0.4 is 5.32 Å². The molecule has 0 saturated heterocycles.